The highest BCUT2D eigenvalue weighted by molar-refractivity contribution is 9.11. The number of benzene rings is 1. The van der Waals surface area contributed by atoms with Crippen LogP contribution in [0.15, 0.2) is 24.3 Å². The van der Waals surface area contributed by atoms with Gasteiger partial charge in [0.05, 0.1) is 0 Å². The molecule has 0 saturated carbocycles. The van der Waals surface area contributed by atoms with Crippen molar-refractivity contribution >= 4 is 43.2 Å². The van der Waals surface area contributed by atoms with Crippen molar-refractivity contribution in [2.45, 2.75) is 4.16 Å². The lowest BCUT2D eigenvalue weighted by Crippen LogP contribution is -2.23. The van der Waals surface area contributed by atoms with Crippen LogP contribution in [0.4, 0.5) is 0 Å². The molecule has 1 aromatic carbocycles. The number of halogens is 2. The molecule has 1 atom stereocenters. The second-order valence-corrected chi connectivity index (χ2v) is 7.11. The fraction of sp³-hybridized carbons (Fsp3) is 0.222. The summed E-state index contributed by atoms with van der Waals surface area (Å²) in [7, 11) is -3.44. The van der Waals surface area contributed by atoms with Gasteiger partial charge in [-0.3, -0.25) is 4.79 Å². The van der Waals surface area contributed by atoms with Gasteiger partial charge in [-0.2, -0.15) is 0 Å². The van der Waals surface area contributed by atoms with Gasteiger partial charge in [-0.1, -0.05) is 39.7 Å². The van der Waals surface area contributed by atoms with Gasteiger partial charge >= 0.3 is 0 Å². The van der Waals surface area contributed by atoms with Crippen LogP contribution in [0.2, 0.25) is 5.02 Å². The third kappa shape index (κ3) is 3.29. The van der Waals surface area contributed by atoms with Crippen molar-refractivity contribution in [3.63, 3.8) is 0 Å². The molecule has 0 aromatic heterocycles. The van der Waals surface area contributed by atoms with Crippen molar-refractivity contribution in [2.24, 2.45) is 0 Å². The summed E-state index contributed by atoms with van der Waals surface area (Å²) in [6.45, 7) is 0. The number of carbonyl (C=O) groups excluding carboxylic acids is 1. The van der Waals surface area contributed by atoms with E-state index < -0.39 is 19.8 Å². The molecule has 0 saturated heterocycles. The number of hydrogen-bond donors (Lipinski definition) is 0. The van der Waals surface area contributed by atoms with E-state index in [2.05, 4.69) is 15.9 Å². The zero-order valence-electron chi connectivity index (χ0n) is 7.78. The molecule has 1 aromatic rings. The van der Waals surface area contributed by atoms with Crippen LogP contribution < -0.4 is 0 Å². The molecular formula is C9H8BrClO3S. The molecule has 0 spiro atoms. The first-order chi connectivity index (χ1) is 6.82. The molecule has 1 rings (SSSR count). The van der Waals surface area contributed by atoms with Crippen LogP contribution in [0, 0.1) is 0 Å². The fourth-order valence-electron chi connectivity index (χ4n) is 0.967. The van der Waals surface area contributed by atoms with Crippen molar-refractivity contribution in [2.75, 3.05) is 6.26 Å². The van der Waals surface area contributed by atoms with Crippen LogP contribution in [-0.4, -0.2) is 24.6 Å². The molecule has 15 heavy (non-hydrogen) atoms. The minimum atomic E-state index is -3.44. The predicted octanol–water partition coefficient (Wildman–Crippen LogP) is 2.29. The lowest BCUT2D eigenvalue weighted by atomic mass is 10.1. The van der Waals surface area contributed by atoms with Crippen molar-refractivity contribution in [3.05, 3.63) is 34.9 Å². The number of alkyl halides is 1. The van der Waals surface area contributed by atoms with Crippen LogP contribution in [0.25, 0.3) is 0 Å². The topological polar surface area (TPSA) is 51.2 Å². The molecule has 6 heteroatoms. The Bertz CT molecular complexity index is 484. The van der Waals surface area contributed by atoms with E-state index in [1.54, 1.807) is 12.1 Å². The molecule has 0 amide bonds. The Balaban J connectivity index is 3.06. The number of hydrogen-bond acceptors (Lipinski definition) is 3. The number of carbonyl (C=O) groups is 1. The van der Waals surface area contributed by atoms with E-state index in [4.69, 9.17) is 11.6 Å². The van der Waals surface area contributed by atoms with Gasteiger partial charge in [0.25, 0.3) is 0 Å². The van der Waals surface area contributed by atoms with Gasteiger partial charge in [-0.15, -0.1) is 0 Å². The molecule has 0 fully saturated rings. The number of rotatable bonds is 3. The first-order valence-corrected chi connectivity index (χ1v) is 7.20. The van der Waals surface area contributed by atoms with Crippen LogP contribution in [0.1, 0.15) is 10.4 Å². The van der Waals surface area contributed by atoms with Crippen LogP contribution in [-0.2, 0) is 9.84 Å². The Hall–Kier alpha value is -0.390. The fourth-order valence-corrected chi connectivity index (χ4v) is 1.95. The van der Waals surface area contributed by atoms with Crippen LogP contribution in [0.5, 0.6) is 0 Å². The SMILES string of the molecule is CS(=O)(=O)[C@@H](Br)C(=O)c1cccc(Cl)c1. The molecule has 0 aliphatic heterocycles. The van der Waals surface area contributed by atoms with Gasteiger partial charge < -0.3 is 0 Å². The van der Waals surface area contributed by atoms with E-state index in [1.165, 1.54) is 12.1 Å². The smallest absolute Gasteiger partial charge is 0.191 e. The summed E-state index contributed by atoms with van der Waals surface area (Å²) in [4.78, 5) is 11.7. The van der Waals surface area contributed by atoms with E-state index in [1.807, 2.05) is 0 Å². The molecule has 3 nitrogen and oxygen atoms in total. The number of ketones is 1. The summed E-state index contributed by atoms with van der Waals surface area (Å²) in [6.07, 6.45) is 0.995. The monoisotopic (exact) mass is 310 g/mol. The maximum Gasteiger partial charge on any atom is 0.191 e. The largest absolute Gasteiger partial charge is 0.292 e. The van der Waals surface area contributed by atoms with Gasteiger partial charge in [0, 0.05) is 16.8 Å². The summed E-state index contributed by atoms with van der Waals surface area (Å²) in [6, 6.07) is 6.16. The Labute approximate surface area is 101 Å². The minimum Gasteiger partial charge on any atom is -0.292 e. The van der Waals surface area contributed by atoms with Gasteiger partial charge in [0.15, 0.2) is 19.8 Å². The van der Waals surface area contributed by atoms with Crippen molar-refractivity contribution in [1.29, 1.82) is 0 Å². The Kier molecular flexibility index (Phi) is 3.92. The third-order valence-electron chi connectivity index (χ3n) is 1.69. The maximum atomic E-state index is 11.7. The Morgan fingerprint density at radius 1 is 1.47 bits per heavy atom. The van der Waals surface area contributed by atoms with Crippen molar-refractivity contribution in [3.8, 4) is 0 Å². The van der Waals surface area contributed by atoms with Crippen molar-refractivity contribution in [1.82, 2.24) is 0 Å². The van der Waals surface area contributed by atoms with Crippen molar-refractivity contribution < 1.29 is 13.2 Å². The highest BCUT2D eigenvalue weighted by atomic mass is 79.9. The standard InChI is InChI=1S/C9H8BrClO3S/c1-15(13,14)9(10)8(12)6-3-2-4-7(11)5-6/h2-5,9H,1H3/t9-/m1/s1. The molecule has 0 aliphatic carbocycles. The predicted molar refractivity (Wildman–Crippen MR) is 63.3 cm³/mol. The van der Waals surface area contributed by atoms with E-state index in [9.17, 15) is 13.2 Å². The van der Waals surface area contributed by atoms with Crippen LogP contribution in [0.3, 0.4) is 0 Å². The van der Waals surface area contributed by atoms with E-state index in [0.29, 0.717) is 5.02 Å². The molecule has 0 bridgehead atoms. The molecule has 0 unspecified atom stereocenters. The quantitative estimate of drug-likeness (QED) is 0.636. The van der Waals surface area contributed by atoms with E-state index in [-0.39, 0.29) is 5.56 Å². The second kappa shape index (κ2) is 4.63. The minimum absolute atomic E-state index is 0.273. The average molecular weight is 312 g/mol. The van der Waals surface area contributed by atoms with E-state index in [0.717, 1.165) is 6.26 Å². The number of Topliss-reactive ketones (excluding diaryl/α,β-unsaturated/α-hetero) is 1. The summed E-state index contributed by atoms with van der Waals surface area (Å²) >= 11 is 8.54. The molecule has 0 N–H and O–H groups in total. The first kappa shape index (κ1) is 12.7. The molecule has 82 valence electrons. The first-order valence-electron chi connectivity index (χ1n) is 3.95. The highest BCUT2D eigenvalue weighted by Crippen LogP contribution is 2.18. The second-order valence-electron chi connectivity index (χ2n) is 3.02. The van der Waals surface area contributed by atoms with E-state index >= 15 is 0 Å². The average Bonchev–Trinajstić information content (AvgIpc) is 2.14. The number of sulfone groups is 1. The third-order valence-corrected chi connectivity index (χ3v) is 5.35. The zero-order chi connectivity index (χ0) is 11.6. The van der Waals surface area contributed by atoms with Gasteiger partial charge in [0.2, 0.25) is 0 Å². The summed E-state index contributed by atoms with van der Waals surface area (Å²) in [5, 5.41) is 0.397. The van der Waals surface area contributed by atoms with Crippen LogP contribution >= 0.6 is 27.5 Å². The Morgan fingerprint density at radius 2 is 2.07 bits per heavy atom. The molecular weight excluding hydrogens is 304 g/mol. The van der Waals surface area contributed by atoms with Gasteiger partial charge in [0.1, 0.15) is 0 Å². The maximum absolute atomic E-state index is 11.7. The lowest BCUT2D eigenvalue weighted by molar-refractivity contribution is 0.101. The normalized spacial score (nSPS) is 13.5. The highest BCUT2D eigenvalue weighted by Gasteiger charge is 2.26. The van der Waals surface area contributed by atoms with Gasteiger partial charge in [-0.25, -0.2) is 8.42 Å². The summed E-state index contributed by atoms with van der Waals surface area (Å²) in [5.74, 6) is -0.514. The Morgan fingerprint density at radius 3 is 2.53 bits per heavy atom. The zero-order valence-corrected chi connectivity index (χ0v) is 10.9. The van der Waals surface area contributed by atoms with Gasteiger partial charge in [-0.05, 0) is 12.1 Å². The molecule has 0 heterocycles. The summed E-state index contributed by atoms with van der Waals surface area (Å²) < 4.78 is 21.0. The lowest BCUT2D eigenvalue weighted by Gasteiger charge is -2.06. The summed E-state index contributed by atoms with van der Waals surface area (Å²) in [5.41, 5.74) is 0.273. The molecule has 0 radical (unpaired) electrons. The molecule has 0 aliphatic rings.